The molecule has 6 N–H and O–H groups in total. The normalized spacial score (nSPS) is 19.9. The van der Waals surface area contributed by atoms with E-state index in [-0.39, 0.29) is 12.5 Å². The number of nitrogens with one attached hydrogen (secondary N) is 1. The van der Waals surface area contributed by atoms with Gasteiger partial charge >= 0.3 is 0 Å². The molecule has 1 rings (SSSR count). The van der Waals surface area contributed by atoms with E-state index in [4.69, 9.17) is 9.47 Å². The first kappa shape index (κ1) is 68.6. The fraction of sp³-hybridized carbons (Fsp3) is 0.677. The van der Waals surface area contributed by atoms with Crippen LogP contribution in [0.15, 0.2) is 122 Å². The molecule has 0 radical (unpaired) electrons. The van der Waals surface area contributed by atoms with Crippen LogP contribution >= 0.6 is 0 Å². The minimum absolute atomic E-state index is 0.156. The number of aliphatic hydroxyl groups is 5. The Labute approximate surface area is 452 Å². The SMILES string of the molecule is CC/C=C\C/C=C\C/C=C\C/C=C\C/C=C\C/C=C\C/C=C\C/C=C\C/C=C\C/C=C\CCCCCCC(=O)NC(COC1OC(CO)C(O)C(O)C1O)C(O)CCCCCCCCCCCCCCCCCC. The summed E-state index contributed by atoms with van der Waals surface area (Å²) in [4.78, 5) is 13.1. The fourth-order valence-corrected chi connectivity index (χ4v) is 8.66. The van der Waals surface area contributed by atoms with E-state index in [0.29, 0.717) is 12.8 Å². The molecular formula is C65H109NO8. The lowest BCUT2D eigenvalue weighted by Gasteiger charge is -2.40. The zero-order valence-electron chi connectivity index (χ0n) is 46.8. The first-order valence-corrected chi connectivity index (χ1v) is 29.7. The number of aliphatic hydroxyl groups excluding tert-OH is 5. The Morgan fingerprint density at radius 2 is 0.838 bits per heavy atom. The lowest BCUT2D eigenvalue weighted by atomic mass is 9.99. The van der Waals surface area contributed by atoms with Gasteiger partial charge in [0.15, 0.2) is 6.29 Å². The van der Waals surface area contributed by atoms with Crippen LogP contribution in [0.25, 0.3) is 0 Å². The zero-order chi connectivity index (χ0) is 53.6. The van der Waals surface area contributed by atoms with Crippen molar-refractivity contribution in [2.45, 2.75) is 269 Å². The molecule has 0 aromatic heterocycles. The van der Waals surface area contributed by atoms with Gasteiger partial charge in [-0.2, -0.15) is 0 Å². The molecule has 74 heavy (non-hydrogen) atoms. The van der Waals surface area contributed by atoms with Crippen LogP contribution in [0, 0.1) is 0 Å². The lowest BCUT2D eigenvalue weighted by Crippen LogP contribution is -2.60. The van der Waals surface area contributed by atoms with Crippen molar-refractivity contribution in [3.05, 3.63) is 122 Å². The van der Waals surface area contributed by atoms with Crippen LogP contribution in [0.2, 0.25) is 0 Å². The summed E-state index contributed by atoms with van der Waals surface area (Å²) in [5.74, 6) is -0.173. The molecule has 9 nitrogen and oxygen atoms in total. The van der Waals surface area contributed by atoms with Crippen molar-refractivity contribution >= 4 is 5.91 Å². The molecule has 0 aromatic rings. The van der Waals surface area contributed by atoms with Crippen molar-refractivity contribution in [2.24, 2.45) is 0 Å². The van der Waals surface area contributed by atoms with Crippen LogP contribution in [0.1, 0.15) is 226 Å². The second kappa shape index (κ2) is 53.0. The van der Waals surface area contributed by atoms with Crippen LogP contribution in [0.4, 0.5) is 0 Å². The van der Waals surface area contributed by atoms with E-state index < -0.39 is 49.5 Å². The average molecular weight is 1030 g/mol. The largest absolute Gasteiger partial charge is 0.394 e. The van der Waals surface area contributed by atoms with Gasteiger partial charge in [0.2, 0.25) is 5.91 Å². The molecule has 7 unspecified atom stereocenters. The number of hydrogen-bond donors (Lipinski definition) is 6. The van der Waals surface area contributed by atoms with Crippen molar-refractivity contribution in [3.63, 3.8) is 0 Å². The molecule has 1 amide bonds. The number of unbranched alkanes of at least 4 members (excludes halogenated alkanes) is 19. The maximum atomic E-state index is 13.1. The first-order valence-electron chi connectivity index (χ1n) is 29.7. The molecule has 1 aliphatic heterocycles. The fourth-order valence-electron chi connectivity index (χ4n) is 8.66. The van der Waals surface area contributed by atoms with Crippen molar-refractivity contribution in [1.29, 1.82) is 0 Å². The monoisotopic (exact) mass is 1030 g/mol. The molecule has 9 heteroatoms. The molecule has 1 saturated heterocycles. The van der Waals surface area contributed by atoms with E-state index in [9.17, 15) is 30.3 Å². The van der Waals surface area contributed by atoms with Gasteiger partial charge in [0.05, 0.1) is 25.4 Å². The van der Waals surface area contributed by atoms with Gasteiger partial charge in [-0.15, -0.1) is 0 Å². The van der Waals surface area contributed by atoms with Crippen LogP contribution in [-0.2, 0) is 14.3 Å². The summed E-state index contributed by atoms with van der Waals surface area (Å²) >= 11 is 0. The standard InChI is InChI=1S/C65H109NO8/c1-3-5-7-9-11-13-15-17-19-21-22-23-24-25-26-27-28-29-30-31-32-33-34-35-36-37-38-39-41-43-45-47-49-51-53-55-61(69)66-58(57-73-65-64(72)63(71)62(70)60(56-67)74-65)59(68)54-52-50-48-46-44-42-40-20-18-16-14-12-10-8-6-4-2/h5,7,11,13,17,19,22-23,25-26,28-29,31-32,34-35,37-38,41,43,58-60,62-65,67-68,70-72H,3-4,6,8-10,12,14-16,18,20-21,24,27,30,33,36,39-40,42,44-57H2,1-2H3,(H,66,69)/b7-5-,13-11-,19-17-,23-22-,26-25-,29-28-,32-31-,35-34-,38-37-,43-41-. The first-order chi connectivity index (χ1) is 36.3. The second-order valence-corrected chi connectivity index (χ2v) is 20.1. The molecule has 0 aromatic carbocycles. The Balaban J connectivity index is 2.22. The number of amides is 1. The highest BCUT2D eigenvalue weighted by atomic mass is 16.7. The number of hydrogen-bond acceptors (Lipinski definition) is 8. The minimum Gasteiger partial charge on any atom is -0.394 e. The smallest absolute Gasteiger partial charge is 0.220 e. The number of carbonyl (C=O) groups excluding carboxylic acids is 1. The zero-order valence-corrected chi connectivity index (χ0v) is 46.8. The van der Waals surface area contributed by atoms with E-state index in [2.05, 4.69) is 141 Å². The third-order valence-corrected chi connectivity index (χ3v) is 13.3. The minimum atomic E-state index is -1.57. The number of carbonyl (C=O) groups is 1. The van der Waals surface area contributed by atoms with Gasteiger partial charge in [-0.25, -0.2) is 0 Å². The van der Waals surface area contributed by atoms with Gasteiger partial charge in [0.25, 0.3) is 0 Å². The van der Waals surface area contributed by atoms with Crippen molar-refractivity contribution in [3.8, 4) is 0 Å². The highest BCUT2D eigenvalue weighted by Crippen LogP contribution is 2.23. The Bertz CT molecular complexity index is 1570. The predicted molar refractivity (Wildman–Crippen MR) is 313 cm³/mol. The van der Waals surface area contributed by atoms with Crippen LogP contribution in [0.5, 0.6) is 0 Å². The summed E-state index contributed by atoms with van der Waals surface area (Å²) in [6, 6.07) is -0.742. The number of rotatable bonds is 49. The molecule has 422 valence electrons. The maximum Gasteiger partial charge on any atom is 0.220 e. The summed E-state index contributed by atoms with van der Waals surface area (Å²) in [6.07, 6.45) is 72.2. The summed E-state index contributed by atoms with van der Waals surface area (Å²) < 4.78 is 11.3. The van der Waals surface area contributed by atoms with Gasteiger partial charge in [0.1, 0.15) is 24.4 Å². The van der Waals surface area contributed by atoms with Gasteiger partial charge in [0, 0.05) is 6.42 Å². The van der Waals surface area contributed by atoms with Gasteiger partial charge < -0.3 is 40.3 Å². The van der Waals surface area contributed by atoms with Gasteiger partial charge in [-0.05, 0) is 89.9 Å². The molecule has 1 aliphatic rings. The highest BCUT2D eigenvalue weighted by molar-refractivity contribution is 5.76. The van der Waals surface area contributed by atoms with E-state index in [1.807, 2.05) is 0 Å². The molecule has 0 bridgehead atoms. The molecule has 0 aliphatic carbocycles. The van der Waals surface area contributed by atoms with E-state index in [0.717, 1.165) is 116 Å². The van der Waals surface area contributed by atoms with Crippen LogP contribution < -0.4 is 5.32 Å². The second-order valence-electron chi connectivity index (χ2n) is 20.1. The van der Waals surface area contributed by atoms with Crippen molar-refractivity contribution in [2.75, 3.05) is 13.2 Å². The van der Waals surface area contributed by atoms with Crippen molar-refractivity contribution in [1.82, 2.24) is 5.32 Å². The van der Waals surface area contributed by atoms with E-state index in [1.54, 1.807) is 0 Å². The summed E-state index contributed by atoms with van der Waals surface area (Å²) in [6.45, 7) is 3.70. The maximum absolute atomic E-state index is 13.1. The van der Waals surface area contributed by atoms with Gasteiger partial charge in [-0.1, -0.05) is 251 Å². The Morgan fingerprint density at radius 3 is 1.24 bits per heavy atom. The number of allylic oxidation sites excluding steroid dienone is 20. The van der Waals surface area contributed by atoms with Crippen molar-refractivity contribution < 1.29 is 39.8 Å². The summed E-state index contributed by atoms with van der Waals surface area (Å²) in [5.41, 5.74) is 0. The molecule has 0 saturated carbocycles. The summed E-state index contributed by atoms with van der Waals surface area (Å²) in [5, 5.41) is 54.6. The molecule has 1 fully saturated rings. The Kier molecular flexibility index (Phi) is 49.1. The Morgan fingerprint density at radius 1 is 0.473 bits per heavy atom. The van der Waals surface area contributed by atoms with Crippen LogP contribution in [-0.4, -0.2) is 87.5 Å². The predicted octanol–water partition coefficient (Wildman–Crippen LogP) is 15.1. The molecule has 7 atom stereocenters. The third-order valence-electron chi connectivity index (χ3n) is 13.3. The lowest BCUT2D eigenvalue weighted by molar-refractivity contribution is -0.302. The van der Waals surface area contributed by atoms with E-state index in [1.165, 1.54) is 83.5 Å². The third kappa shape index (κ3) is 41.8. The molecule has 1 heterocycles. The molecular weight excluding hydrogens is 923 g/mol. The topological polar surface area (TPSA) is 149 Å². The van der Waals surface area contributed by atoms with E-state index >= 15 is 0 Å². The highest BCUT2D eigenvalue weighted by Gasteiger charge is 2.44. The average Bonchev–Trinajstić information content (AvgIpc) is 3.40. The molecule has 0 spiro atoms. The summed E-state index contributed by atoms with van der Waals surface area (Å²) in [7, 11) is 0. The van der Waals surface area contributed by atoms with Crippen LogP contribution in [0.3, 0.4) is 0 Å². The quantitative estimate of drug-likeness (QED) is 0.0261. The Hall–Kier alpha value is -3.41. The number of ether oxygens (including phenoxy) is 2. The van der Waals surface area contributed by atoms with Gasteiger partial charge in [-0.3, -0.25) is 4.79 Å².